The van der Waals surface area contributed by atoms with E-state index in [0.29, 0.717) is 37.3 Å². The number of carbonyl (C=O) groups is 2. The summed E-state index contributed by atoms with van der Waals surface area (Å²) in [7, 11) is 7.18. The van der Waals surface area contributed by atoms with Crippen molar-refractivity contribution in [2.75, 3.05) is 34.9 Å². The molecule has 0 spiro atoms. The molecule has 0 bridgehead atoms. The Hall–Kier alpha value is -3.65. The minimum absolute atomic E-state index is 0.0364. The van der Waals surface area contributed by atoms with Crippen LogP contribution < -0.4 is 14.8 Å². The highest BCUT2D eigenvalue weighted by Gasteiger charge is 2.25. The van der Waals surface area contributed by atoms with E-state index in [4.69, 9.17) is 9.47 Å². The molecule has 2 aromatic carbocycles. The Balaban J connectivity index is 1.89. The number of carbonyl (C=O) groups excluding carboxylic acids is 2. The van der Waals surface area contributed by atoms with Crippen molar-refractivity contribution < 1.29 is 19.1 Å². The zero-order chi connectivity index (χ0) is 28.4. The van der Waals surface area contributed by atoms with Crippen molar-refractivity contribution in [2.24, 2.45) is 5.92 Å². The monoisotopic (exact) mass is 534 g/mol. The molecular formula is C31H42N4O4. The SMILES string of the molecule is COc1cccc(OC)c1-c1cc(C(=O)N[C@@H](CCc2ccccc2)C(=O)CCCN(C)C)nn1CC(C)C. The first-order chi connectivity index (χ1) is 18.7. The number of methoxy groups -OCH3 is 2. The van der Waals surface area contributed by atoms with Gasteiger partial charge in [-0.2, -0.15) is 5.10 Å². The Morgan fingerprint density at radius 1 is 1.00 bits per heavy atom. The number of hydrogen-bond acceptors (Lipinski definition) is 6. The molecule has 1 amide bonds. The normalized spacial score (nSPS) is 12.0. The van der Waals surface area contributed by atoms with Crippen LogP contribution in [0.2, 0.25) is 0 Å². The van der Waals surface area contributed by atoms with Gasteiger partial charge in [-0.1, -0.05) is 50.2 Å². The number of aromatic nitrogens is 2. The number of nitrogens with one attached hydrogen (secondary N) is 1. The van der Waals surface area contributed by atoms with Crippen molar-refractivity contribution in [3.63, 3.8) is 0 Å². The van der Waals surface area contributed by atoms with Gasteiger partial charge in [-0.25, -0.2) is 0 Å². The van der Waals surface area contributed by atoms with Crippen LogP contribution >= 0.6 is 0 Å². The third-order valence-electron chi connectivity index (χ3n) is 6.52. The lowest BCUT2D eigenvalue weighted by Gasteiger charge is -2.18. The summed E-state index contributed by atoms with van der Waals surface area (Å²) in [6.45, 7) is 5.60. The smallest absolute Gasteiger partial charge is 0.272 e. The number of benzene rings is 2. The standard InChI is InChI=1S/C31H42N4O4/c1-22(2)21-35-26(30-28(38-5)15-10-16-29(30)39-6)20-25(33-35)31(37)32-24(27(36)14-11-19-34(3)4)18-17-23-12-8-7-9-13-23/h7-10,12-13,15-16,20,22,24H,11,14,17-19,21H2,1-6H3,(H,32,37)/t24-/m0/s1. The summed E-state index contributed by atoms with van der Waals surface area (Å²) in [6.07, 6.45) is 2.36. The van der Waals surface area contributed by atoms with Gasteiger partial charge in [-0.15, -0.1) is 0 Å². The van der Waals surface area contributed by atoms with E-state index in [0.717, 1.165) is 29.8 Å². The Kier molecular flexibility index (Phi) is 11.1. The molecule has 0 radical (unpaired) electrons. The van der Waals surface area contributed by atoms with Gasteiger partial charge in [0, 0.05) is 13.0 Å². The molecule has 1 aromatic heterocycles. The van der Waals surface area contributed by atoms with Crippen LogP contribution in [-0.4, -0.2) is 67.3 Å². The fourth-order valence-corrected chi connectivity index (χ4v) is 4.56. The molecule has 8 heteroatoms. The number of ketones is 1. The second-order valence-corrected chi connectivity index (χ2v) is 10.5. The molecule has 1 heterocycles. The summed E-state index contributed by atoms with van der Waals surface area (Å²) in [5, 5.41) is 7.67. The van der Waals surface area contributed by atoms with Crippen LogP contribution in [0.4, 0.5) is 0 Å². The van der Waals surface area contributed by atoms with Gasteiger partial charge in [-0.05, 0) is 69.6 Å². The van der Waals surface area contributed by atoms with E-state index < -0.39 is 6.04 Å². The molecule has 3 rings (SSSR count). The zero-order valence-corrected chi connectivity index (χ0v) is 24.1. The minimum atomic E-state index is -0.598. The number of ether oxygens (including phenoxy) is 2. The number of hydrogen-bond donors (Lipinski definition) is 1. The van der Waals surface area contributed by atoms with Crippen molar-refractivity contribution in [3.05, 3.63) is 65.9 Å². The molecule has 0 aliphatic rings. The molecule has 1 atom stereocenters. The van der Waals surface area contributed by atoms with Crippen LogP contribution in [0.1, 0.15) is 49.2 Å². The maximum absolute atomic E-state index is 13.5. The number of Topliss-reactive ketones (excluding diaryl/α,β-unsaturated/α-hetero) is 1. The molecule has 0 aliphatic carbocycles. The highest BCUT2D eigenvalue weighted by Crippen LogP contribution is 2.38. The van der Waals surface area contributed by atoms with Crippen LogP contribution in [0, 0.1) is 5.92 Å². The maximum atomic E-state index is 13.5. The van der Waals surface area contributed by atoms with Crippen LogP contribution in [-0.2, 0) is 17.8 Å². The second-order valence-electron chi connectivity index (χ2n) is 10.5. The fraction of sp³-hybridized carbons (Fsp3) is 0.452. The summed E-state index contributed by atoms with van der Waals surface area (Å²) in [5.41, 5.74) is 2.84. The predicted octanol–water partition coefficient (Wildman–Crippen LogP) is 4.87. The van der Waals surface area contributed by atoms with Crippen molar-refractivity contribution in [3.8, 4) is 22.8 Å². The van der Waals surface area contributed by atoms with Gasteiger partial charge in [0.25, 0.3) is 5.91 Å². The molecule has 8 nitrogen and oxygen atoms in total. The van der Waals surface area contributed by atoms with Crippen LogP contribution in [0.25, 0.3) is 11.3 Å². The topological polar surface area (TPSA) is 85.7 Å². The minimum Gasteiger partial charge on any atom is -0.496 e. The van der Waals surface area contributed by atoms with E-state index in [1.54, 1.807) is 20.3 Å². The zero-order valence-electron chi connectivity index (χ0n) is 24.1. The second kappa shape index (κ2) is 14.5. The van der Waals surface area contributed by atoms with Gasteiger partial charge >= 0.3 is 0 Å². The molecule has 1 N–H and O–H groups in total. The lowest BCUT2D eigenvalue weighted by Crippen LogP contribution is -2.41. The Bertz CT molecular complexity index is 1200. The van der Waals surface area contributed by atoms with Gasteiger partial charge in [-0.3, -0.25) is 14.3 Å². The fourth-order valence-electron chi connectivity index (χ4n) is 4.56. The third kappa shape index (κ3) is 8.42. The Morgan fingerprint density at radius 2 is 1.67 bits per heavy atom. The van der Waals surface area contributed by atoms with Crippen LogP contribution in [0.3, 0.4) is 0 Å². The summed E-state index contributed by atoms with van der Waals surface area (Å²) in [4.78, 5) is 28.8. The molecule has 0 saturated carbocycles. The summed E-state index contributed by atoms with van der Waals surface area (Å²) in [6, 6.07) is 16.7. The Labute approximate surface area is 232 Å². The lowest BCUT2D eigenvalue weighted by atomic mass is 9.99. The predicted molar refractivity (Wildman–Crippen MR) is 154 cm³/mol. The summed E-state index contributed by atoms with van der Waals surface area (Å²) in [5.74, 6) is 1.21. The largest absolute Gasteiger partial charge is 0.496 e. The van der Waals surface area contributed by atoms with Gasteiger partial charge in [0.15, 0.2) is 11.5 Å². The Morgan fingerprint density at radius 3 is 2.26 bits per heavy atom. The average molecular weight is 535 g/mol. The van der Waals surface area contributed by atoms with Crippen molar-refractivity contribution in [1.29, 1.82) is 0 Å². The first-order valence-electron chi connectivity index (χ1n) is 13.5. The van der Waals surface area contributed by atoms with Crippen molar-refractivity contribution in [1.82, 2.24) is 20.0 Å². The highest BCUT2D eigenvalue weighted by atomic mass is 16.5. The van der Waals surface area contributed by atoms with E-state index in [1.165, 1.54) is 0 Å². The molecule has 39 heavy (non-hydrogen) atoms. The van der Waals surface area contributed by atoms with E-state index in [9.17, 15) is 9.59 Å². The molecule has 3 aromatic rings. The number of nitrogens with zero attached hydrogens (tertiary/aromatic N) is 3. The molecule has 0 unspecified atom stereocenters. The van der Waals surface area contributed by atoms with E-state index in [1.807, 2.05) is 67.3 Å². The van der Waals surface area contributed by atoms with Crippen molar-refractivity contribution >= 4 is 11.7 Å². The van der Waals surface area contributed by atoms with Gasteiger partial charge in [0.1, 0.15) is 11.5 Å². The summed E-state index contributed by atoms with van der Waals surface area (Å²) < 4.78 is 13.1. The number of amides is 1. The molecular weight excluding hydrogens is 492 g/mol. The summed E-state index contributed by atoms with van der Waals surface area (Å²) >= 11 is 0. The van der Waals surface area contributed by atoms with Gasteiger partial charge < -0.3 is 19.7 Å². The highest BCUT2D eigenvalue weighted by molar-refractivity contribution is 5.97. The molecule has 0 fully saturated rings. The van der Waals surface area contributed by atoms with E-state index in [2.05, 4.69) is 29.2 Å². The molecule has 0 saturated heterocycles. The van der Waals surface area contributed by atoms with Gasteiger partial charge in [0.2, 0.25) is 0 Å². The number of rotatable bonds is 15. The van der Waals surface area contributed by atoms with Crippen molar-refractivity contribution in [2.45, 2.75) is 52.1 Å². The number of aryl methyl sites for hydroxylation is 1. The lowest BCUT2D eigenvalue weighted by molar-refractivity contribution is -0.121. The van der Waals surface area contributed by atoms with Crippen LogP contribution in [0.15, 0.2) is 54.6 Å². The van der Waals surface area contributed by atoms with E-state index in [-0.39, 0.29) is 23.3 Å². The quantitative estimate of drug-likeness (QED) is 0.300. The van der Waals surface area contributed by atoms with Gasteiger partial charge in [0.05, 0.1) is 31.5 Å². The third-order valence-corrected chi connectivity index (χ3v) is 6.52. The first-order valence-corrected chi connectivity index (χ1v) is 13.5. The maximum Gasteiger partial charge on any atom is 0.272 e. The average Bonchev–Trinajstić information content (AvgIpc) is 3.33. The molecule has 0 aliphatic heterocycles. The van der Waals surface area contributed by atoms with Crippen LogP contribution in [0.5, 0.6) is 11.5 Å². The molecule has 210 valence electrons. The van der Waals surface area contributed by atoms with E-state index >= 15 is 0 Å². The first kappa shape index (κ1) is 29.9.